The number of hydrogen-bond acceptors (Lipinski definition) is 4. The number of aliphatic hydroxyl groups excluding tert-OH is 1. The van der Waals surface area contributed by atoms with Crippen LogP contribution in [0.3, 0.4) is 0 Å². The molecule has 0 radical (unpaired) electrons. The van der Waals surface area contributed by atoms with E-state index >= 15 is 0 Å². The molecule has 0 aromatic carbocycles. The summed E-state index contributed by atoms with van der Waals surface area (Å²) < 4.78 is 5.06. The lowest BCUT2D eigenvalue weighted by Crippen LogP contribution is -2.45. The van der Waals surface area contributed by atoms with Crippen molar-refractivity contribution in [2.75, 3.05) is 26.3 Å². The van der Waals surface area contributed by atoms with Crippen LogP contribution in [-0.4, -0.2) is 48.2 Å². The summed E-state index contributed by atoms with van der Waals surface area (Å²) in [6, 6.07) is 0. The topological polar surface area (TPSA) is 66.8 Å². The zero-order valence-corrected chi connectivity index (χ0v) is 13.0. The van der Waals surface area contributed by atoms with Gasteiger partial charge in [0, 0.05) is 19.7 Å². The molecule has 1 aliphatic rings. The predicted octanol–water partition coefficient (Wildman–Crippen LogP) is 1.44. The highest BCUT2D eigenvalue weighted by Gasteiger charge is 2.42. The van der Waals surface area contributed by atoms with Gasteiger partial charge in [0.05, 0.1) is 6.61 Å². The van der Waals surface area contributed by atoms with Crippen LogP contribution in [0.1, 0.15) is 40.5 Å². The smallest absolute Gasteiger partial charge is 0.319 e. The Balaban J connectivity index is 2.77. The fourth-order valence-corrected chi connectivity index (χ4v) is 2.68. The molecule has 0 aliphatic carbocycles. The number of likely N-dealkylation sites (tertiary alicyclic amines) is 1. The maximum absolute atomic E-state index is 12.6. The Bertz CT molecular complexity index is 348. The van der Waals surface area contributed by atoms with Crippen LogP contribution in [0.4, 0.5) is 0 Å². The molecule has 20 heavy (non-hydrogen) atoms. The van der Waals surface area contributed by atoms with E-state index in [0.717, 1.165) is 6.42 Å². The average Bonchev–Trinajstić information content (AvgIpc) is 2.76. The van der Waals surface area contributed by atoms with Crippen molar-refractivity contribution in [3.63, 3.8) is 0 Å². The first-order valence-corrected chi connectivity index (χ1v) is 7.37. The second-order valence-electron chi connectivity index (χ2n) is 6.50. The van der Waals surface area contributed by atoms with Gasteiger partial charge in [-0.1, -0.05) is 20.8 Å². The fourth-order valence-electron chi connectivity index (χ4n) is 2.68. The summed E-state index contributed by atoms with van der Waals surface area (Å²) in [4.78, 5) is 26.4. The van der Waals surface area contributed by atoms with Gasteiger partial charge in [0.2, 0.25) is 5.91 Å². The Hall–Kier alpha value is -1.10. The Kier molecular flexibility index (Phi) is 5.99. The average molecular weight is 285 g/mol. The lowest BCUT2D eigenvalue weighted by atomic mass is 9.79. The van der Waals surface area contributed by atoms with Gasteiger partial charge in [-0.2, -0.15) is 0 Å². The SMILES string of the molecule is CCOC(=O)C(C(=O)N1CCC(CCO)C1)C(C)(C)C. The van der Waals surface area contributed by atoms with E-state index < -0.39 is 17.3 Å². The molecule has 1 heterocycles. The quantitative estimate of drug-likeness (QED) is 0.613. The Labute approximate surface area is 121 Å². The third-order valence-electron chi connectivity index (χ3n) is 3.77. The molecule has 0 saturated carbocycles. The molecule has 1 saturated heterocycles. The molecule has 2 atom stereocenters. The van der Waals surface area contributed by atoms with Gasteiger partial charge in [-0.25, -0.2) is 0 Å². The van der Waals surface area contributed by atoms with E-state index in [-0.39, 0.29) is 19.1 Å². The first-order valence-electron chi connectivity index (χ1n) is 7.37. The van der Waals surface area contributed by atoms with Gasteiger partial charge in [-0.15, -0.1) is 0 Å². The van der Waals surface area contributed by atoms with Crippen LogP contribution >= 0.6 is 0 Å². The lowest BCUT2D eigenvalue weighted by Gasteiger charge is -2.31. The number of carbonyl (C=O) groups excluding carboxylic acids is 2. The Morgan fingerprint density at radius 2 is 2.05 bits per heavy atom. The number of hydrogen-bond donors (Lipinski definition) is 1. The molecular formula is C15H27NO4. The van der Waals surface area contributed by atoms with Crippen molar-refractivity contribution in [3.05, 3.63) is 0 Å². The molecule has 0 aromatic heterocycles. The minimum Gasteiger partial charge on any atom is -0.465 e. The molecular weight excluding hydrogens is 258 g/mol. The maximum Gasteiger partial charge on any atom is 0.319 e. The van der Waals surface area contributed by atoms with Gasteiger partial charge in [0.1, 0.15) is 5.92 Å². The first-order chi connectivity index (χ1) is 9.31. The molecule has 1 rings (SSSR count). The van der Waals surface area contributed by atoms with Crippen LogP contribution in [0, 0.1) is 17.3 Å². The van der Waals surface area contributed by atoms with Gasteiger partial charge in [0.25, 0.3) is 0 Å². The van der Waals surface area contributed by atoms with E-state index in [1.54, 1.807) is 11.8 Å². The molecule has 5 nitrogen and oxygen atoms in total. The van der Waals surface area contributed by atoms with Crippen LogP contribution in [-0.2, 0) is 14.3 Å². The number of aliphatic hydroxyl groups is 1. The van der Waals surface area contributed by atoms with E-state index in [4.69, 9.17) is 9.84 Å². The second-order valence-corrected chi connectivity index (χ2v) is 6.50. The van der Waals surface area contributed by atoms with Gasteiger partial charge in [-0.3, -0.25) is 9.59 Å². The zero-order valence-electron chi connectivity index (χ0n) is 13.0. The largest absolute Gasteiger partial charge is 0.465 e. The van der Waals surface area contributed by atoms with E-state index in [2.05, 4.69) is 0 Å². The number of amides is 1. The van der Waals surface area contributed by atoms with Gasteiger partial charge in [-0.05, 0) is 31.1 Å². The molecule has 1 N–H and O–H groups in total. The van der Waals surface area contributed by atoms with Crippen LogP contribution in [0.15, 0.2) is 0 Å². The third kappa shape index (κ3) is 4.20. The van der Waals surface area contributed by atoms with E-state index in [9.17, 15) is 9.59 Å². The summed E-state index contributed by atoms with van der Waals surface area (Å²) in [6.45, 7) is 9.12. The third-order valence-corrected chi connectivity index (χ3v) is 3.77. The molecule has 1 fully saturated rings. The summed E-state index contributed by atoms with van der Waals surface area (Å²) in [5.41, 5.74) is -0.460. The predicted molar refractivity (Wildman–Crippen MR) is 76.0 cm³/mol. The summed E-state index contributed by atoms with van der Waals surface area (Å²) in [6.07, 6.45) is 1.61. The number of rotatable bonds is 5. The van der Waals surface area contributed by atoms with Crippen LogP contribution in [0.25, 0.3) is 0 Å². The molecule has 0 spiro atoms. The summed E-state index contributed by atoms with van der Waals surface area (Å²) in [5, 5.41) is 8.97. The van der Waals surface area contributed by atoms with E-state index in [0.29, 0.717) is 25.4 Å². The lowest BCUT2D eigenvalue weighted by molar-refractivity contribution is -0.160. The van der Waals surface area contributed by atoms with E-state index in [1.165, 1.54) is 0 Å². The first kappa shape index (κ1) is 17.0. The summed E-state index contributed by atoms with van der Waals surface area (Å²) in [5.74, 6) is -0.992. The van der Waals surface area contributed by atoms with Crippen molar-refractivity contribution >= 4 is 11.9 Å². The van der Waals surface area contributed by atoms with E-state index in [1.807, 2.05) is 20.8 Å². The molecule has 0 aromatic rings. The van der Waals surface area contributed by atoms with Gasteiger partial charge in [0.15, 0.2) is 0 Å². The van der Waals surface area contributed by atoms with Crippen LogP contribution in [0.5, 0.6) is 0 Å². The number of ether oxygens (including phenoxy) is 1. The van der Waals surface area contributed by atoms with Crippen molar-refractivity contribution in [2.24, 2.45) is 17.3 Å². The van der Waals surface area contributed by atoms with Crippen molar-refractivity contribution in [1.29, 1.82) is 0 Å². The van der Waals surface area contributed by atoms with Crippen molar-refractivity contribution in [2.45, 2.75) is 40.5 Å². The van der Waals surface area contributed by atoms with Crippen LogP contribution < -0.4 is 0 Å². The minimum absolute atomic E-state index is 0.142. The Morgan fingerprint density at radius 1 is 1.40 bits per heavy atom. The normalized spacial score (nSPS) is 20.9. The molecule has 5 heteroatoms. The standard InChI is InChI=1S/C15H27NO4/c1-5-20-14(19)12(15(2,3)4)13(18)16-8-6-11(10-16)7-9-17/h11-12,17H,5-10H2,1-4H3. The molecule has 116 valence electrons. The molecule has 1 amide bonds. The summed E-state index contributed by atoms with van der Waals surface area (Å²) >= 11 is 0. The number of carbonyl (C=O) groups is 2. The monoisotopic (exact) mass is 285 g/mol. The molecule has 2 unspecified atom stereocenters. The van der Waals surface area contributed by atoms with Gasteiger partial charge < -0.3 is 14.7 Å². The summed E-state index contributed by atoms with van der Waals surface area (Å²) in [7, 11) is 0. The highest BCUT2D eigenvalue weighted by molar-refractivity contribution is 5.98. The molecule has 1 aliphatic heterocycles. The number of esters is 1. The zero-order chi connectivity index (χ0) is 15.3. The Morgan fingerprint density at radius 3 is 2.55 bits per heavy atom. The van der Waals surface area contributed by atoms with Crippen molar-refractivity contribution < 1.29 is 19.4 Å². The maximum atomic E-state index is 12.6. The number of nitrogens with zero attached hydrogens (tertiary/aromatic N) is 1. The molecule has 0 bridgehead atoms. The minimum atomic E-state index is -0.754. The van der Waals surface area contributed by atoms with Gasteiger partial charge >= 0.3 is 5.97 Å². The van der Waals surface area contributed by atoms with Crippen molar-refractivity contribution in [3.8, 4) is 0 Å². The highest BCUT2D eigenvalue weighted by Crippen LogP contribution is 2.31. The fraction of sp³-hybridized carbons (Fsp3) is 0.867. The second kappa shape index (κ2) is 7.07. The highest BCUT2D eigenvalue weighted by atomic mass is 16.5. The van der Waals surface area contributed by atoms with Crippen LogP contribution in [0.2, 0.25) is 0 Å². The van der Waals surface area contributed by atoms with Crippen molar-refractivity contribution in [1.82, 2.24) is 4.90 Å².